The number of hydrogen-bond acceptors (Lipinski definition) is 7. The molecule has 4 rings (SSSR count). The van der Waals surface area contributed by atoms with Crippen LogP contribution in [-0.4, -0.2) is 42.8 Å². The fourth-order valence-electron chi connectivity index (χ4n) is 4.54. The van der Waals surface area contributed by atoms with Gasteiger partial charge in [-0.2, -0.15) is 0 Å². The van der Waals surface area contributed by atoms with E-state index >= 15 is 0 Å². The van der Waals surface area contributed by atoms with E-state index in [2.05, 4.69) is 19.3 Å². The fourth-order valence-corrected chi connectivity index (χ4v) is 7.46. The number of amidine groups is 1. The van der Waals surface area contributed by atoms with E-state index in [1.54, 1.807) is 13.8 Å². The summed E-state index contributed by atoms with van der Waals surface area (Å²) in [6, 6.07) is 3.86. The Kier molecular flexibility index (Phi) is 5.84. The van der Waals surface area contributed by atoms with Crippen molar-refractivity contribution in [2.24, 2.45) is 15.1 Å². The molecule has 0 radical (unpaired) electrons. The third-order valence-corrected chi connectivity index (χ3v) is 9.89. The Bertz CT molecular complexity index is 1290. The second kappa shape index (κ2) is 8.23. The quantitative estimate of drug-likeness (QED) is 0.681. The molecule has 3 atom stereocenters. The lowest BCUT2D eigenvalue weighted by Crippen LogP contribution is -2.56. The van der Waals surface area contributed by atoms with Crippen molar-refractivity contribution in [1.82, 2.24) is 9.97 Å². The first-order valence-electron chi connectivity index (χ1n) is 10.8. The first-order valence-corrected chi connectivity index (χ1v) is 12.5. The predicted octanol–water partition coefficient (Wildman–Crippen LogP) is 3.49. The molecule has 3 unspecified atom stereocenters. The zero-order valence-electron chi connectivity index (χ0n) is 18.9. The van der Waals surface area contributed by atoms with E-state index in [1.807, 2.05) is 6.92 Å². The fraction of sp³-hybridized carbons (Fsp3) is 0.478. The first kappa shape index (κ1) is 23.4. The Morgan fingerprint density at radius 1 is 1.24 bits per heavy atom. The molecule has 0 saturated heterocycles. The summed E-state index contributed by atoms with van der Waals surface area (Å²) in [5, 5.41) is 0. The van der Waals surface area contributed by atoms with Crippen LogP contribution in [0, 0.1) is 18.6 Å². The highest BCUT2D eigenvalue weighted by atomic mass is 32.2. The predicted molar refractivity (Wildman–Crippen MR) is 123 cm³/mol. The normalized spacial score (nSPS) is 29.4. The van der Waals surface area contributed by atoms with Gasteiger partial charge in [-0.1, -0.05) is 0 Å². The molecule has 2 aliphatic rings. The van der Waals surface area contributed by atoms with Crippen LogP contribution in [0.5, 0.6) is 0 Å². The molecule has 0 bridgehead atoms. The topological polar surface area (TPSA) is 111 Å². The Morgan fingerprint density at radius 2 is 2.00 bits per heavy atom. The summed E-state index contributed by atoms with van der Waals surface area (Å²) in [6.07, 6.45) is 3.09. The number of carbonyl (C=O) groups excluding carboxylic acids is 1. The van der Waals surface area contributed by atoms with Crippen molar-refractivity contribution in [2.45, 2.75) is 56.7 Å². The van der Waals surface area contributed by atoms with E-state index in [-0.39, 0.29) is 35.2 Å². The number of nitrogens with two attached hydrogens (primary N) is 1. The molecule has 2 N–H and O–H groups in total. The second-order valence-corrected chi connectivity index (χ2v) is 11.9. The number of carbonyl (C=O) groups is 1. The molecule has 176 valence electrons. The van der Waals surface area contributed by atoms with Crippen LogP contribution in [0.15, 0.2) is 33.8 Å². The molecule has 7 nitrogen and oxygen atoms in total. The number of aliphatic imine (C=N–C) groups is 1. The number of Topliss-reactive ketones (excluding diaryl/α,β-unsaturated/α-hetero) is 1. The van der Waals surface area contributed by atoms with Gasteiger partial charge in [0.05, 0.1) is 28.1 Å². The number of aromatic nitrogens is 2. The molecule has 0 fully saturated rings. The smallest absolute Gasteiger partial charge is 0.187 e. The summed E-state index contributed by atoms with van der Waals surface area (Å²) in [7, 11) is -2.83. The van der Waals surface area contributed by atoms with E-state index in [0.29, 0.717) is 24.2 Å². The number of rotatable bonds is 4. The minimum absolute atomic E-state index is 0.00283. The lowest BCUT2D eigenvalue weighted by atomic mass is 9.95. The SMILES string of the molecule is Cc1cc(F)cnc1C(=O)Cc1ccc(F)c(C2(C)CS3(=O)=NCCCCC3(C)C(N)=N2)n1. The zero-order valence-corrected chi connectivity index (χ0v) is 19.7. The van der Waals surface area contributed by atoms with Crippen LogP contribution in [0.3, 0.4) is 0 Å². The van der Waals surface area contributed by atoms with Gasteiger partial charge in [-0.3, -0.25) is 14.8 Å². The molecule has 2 aliphatic heterocycles. The standard InChI is InChI=1S/C23H27F2N5O2S/c1-14-10-15(24)12-27-19(14)18(31)11-16-6-7-17(25)20(29-16)22(2)13-33(32)23(3,21(26)30-22)8-4-5-9-28-33/h6-7,10,12H,4-5,8-9,11,13H2,1-3H3,(H2,26,30). The lowest BCUT2D eigenvalue weighted by Gasteiger charge is -2.41. The van der Waals surface area contributed by atoms with Crippen LogP contribution in [0.25, 0.3) is 0 Å². The monoisotopic (exact) mass is 475 g/mol. The van der Waals surface area contributed by atoms with E-state index in [9.17, 15) is 17.8 Å². The van der Waals surface area contributed by atoms with Gasteiger partial charge in [0.15, 0.2) is 5.78 Å². The molecular formula is C23H27F2N5O2S. The molecule has 10 heteroatoms. The number of aryl methyl sites for hydroxylation is 1. The summed E-state index contributed by atoms with van der Waals surface area (Å²) in [4.78, 5) is 25.6. The Balaban J connectivity index is 1.73. The molecular weight excluding hydrogens is 448 g/mol. The van der Waals surface area contributed by atoms with Gasteiger partial charge in [-0.05, 0) is 63.8 Å². The molecule has 0 spiro atoms. The number of pyridine rings is 2. The molecule has 0 aliphatic carbocycles. The van der Waals surface area contributed by atoms with Crippen molar-refractivity contribution in [3.05, 3.63) is 58.7 Å². The number of hydrogen-bond donors (Lipinski definition) is 1. The highest BCUT2D eigenvalue weighted by molar-refractivity contribution is 7.95. The van der Waals surface area contributed by atoms with Crippen LogP contribution >= 0.6 is 0 Å². The van der Waals surface area contributed by atoms with Gasteiger partial charge < -0.3 is 5.73 Å². The van der Waals surface area contributed by atoms with E-state index < -0.39 is 31.6 Å². The molecule has 2 aromatic heterocycles. The van der Waals surface area contributed by atoms with Gasteiger partial charge in [-0.15, -0.1) is 0 Å². The summed E-state index contributed by atoms with van der Waals surface area (Å²) >= 11 is 0. The van der Waals surface area contributed by atoms with Crippen molar-refractivity contribution in [2.75, 3.05) is 12.3 Å². The van der Waals surface area contributed by atoms with Crippen LogP contribution in [0.4, 0.5) is 8.78 Å². The van der Waals surface area contributed by atoms with Crippen molar-refractivity contribution < 1.29 is 17.8 Å². The largest absolute Gasteiger partial charge is 0.386 e. The van der Waals surface area contributed by atoms with Gasteiger partial charge >= 0.3 is 0 Å². The van der Waals surface area contributed by atoms with Gasteiger partial charge in [0.25, 0.3) is 0 Å². The van der Waals surface area contributed by atoms with Crippen LogP contribution in [-0.2, 0) is 21.7 Å². The third kappa shape index (κ3) is 4.05. The molecule has 0 aromatic carbocycles. The van der Waals surface area contributed by atoms with Gasteiger partial charge in [-0.25, -0.2) is 22.3 Å². The molecule has 2 aromatic rings. The first-order chi connectivity index (χ1) is 15.5. The number of halogens is 2. The highest BCUT2D eigenvalue weighted by Gasteiger charge is 2.51. The van der Waals surface area contributed by atoms with Crippen LogP contribution in [0.1, 0.15) is 60.5 Å². The van der Waals surface area contributed by atoms with Crippen molar-refractivity contribution in [1.29, 1.82) is 0 Å². The van der Waals surface area contributed by atoms with Crippen LogP contribution < -0.4 is 5.73 Å². The van der Waals surface area contributed by atoms with Gasteiger partial charge in [0.2, 0.25) is 0 Å². The van der Waals surface area contributed by atoms with Crippen molar-refractivity contribution >= 4 is 21.3 Å². The Labute approximate surface area is 192 Å². The number of fused-ring (bicyclic) bond motifs is 1. The highest BCUT2D eigenvalue weighted by Crippen LogP contribution is 2.41. The average Bonchev–Trinajstić information content (AvgIpc) is 2.88. The van der Waals surface area contributed by atoms with E-state index in [1.165, 1.54) is 18.2 Å². The number of nitrogens with zero attached hydrogens (tertiary/aromatic N) is 4. The summed E-state index contributed by atoms with van der Waals surface area (Å²) in [5.41, 5.74) is 5.86. The van der Waals surface area contributed by atoms with Gasteiger partial charge in [0, 0.05) is 12.2 Å². The van der Waals surface area contributed by atoms with Crippen molar-refractivity contribution in [3.63, 3.8) is 0 Å². The van der Waals surface area contributed by atoms with Crippen molar-refractivity contribution in [3.8, 4) is 0 Å². The molecule has 33 heavy (non-hydrogen) atoms. The van der Waals surface area contributed by atoms with E-state index in [4.69, 9.17) is 5.73 Å². The summed E-state index contributed by atoms with van der Waals surface area (Å²) in [5.74, 6) is -1.33. The minimum atomic E-state index is -2.83. The number of ketones is 1. The Morgan fingerprint density at radius 3 is 2.73 bits per heavy atom. The third-order valence-electron chi connectivity index (χ3n) is 6.52. The maximum absolute atomic E-state index is 15.0. The summed E-state index contributed by atoms with van der Waals surface area (Å²) in [6.45, 7) is 5.53. The molecule has 0 saturated carbocycles. The second-order valence-electron chi connectivity index (χ2n) is 9.15. The van der Waals surface area contributed by atoms with E-state index in [0.717, 1.165) is 19.0 Å². The summed E-state index contributed by atoms with van der Waals surface area (Å²) < 4.78 is 45.9. The zero-order chi connectivity index (χ0) is 24.0. The van der Waals surface area contributed by atoms with Crippen LogP contribution in [0.2, 0.25) is 0 Å². The maximum atomic E-state index is 15.0. The minimum Gasteiger partial charge on any atom is -0.386 e. The molecule has 4 heterocycles. The average molecular weight is 476 g/mol. The lowest BCUT2D eigenvalue weighted by molar-refractivity contribution is 0.0986. The molecule has 0 amide bonds. The maximum Gasteiger partial charge on any atom is 0.187 e. The Hall–Kier alpha value is -2.75. The van der Waals surface area contributed by atoms with Gasteiger partial charge in [0.1, 0.15) is 39.1 Å².